The third-order valence-electron chi connectivity index (χ3n) is 8.13. The Bertz CT molecular complexity index is 1280. The normalized spacial score (nSPS) is 16.0. The molecule has 4 heterocycles. The fourth-order valence-corrected chi connectivity index (χ4v) is 5.24. The third-order valence-corrected chi connectivity index (χ3v) is 8.13. The minimum absolute atomic E-state index is 0.269. The summed E-state index contributed by atoms with van der Waals surface area (Å²) in [6, 6.07) is 4.76. The molecular formula is C32H46FN5O3. The van der Waals surface area contributed by atoms with E-state index in [0.29, 0.717) is 29.5 Å². The Kier molecular flexibility index (Phi) is 10.4. The predicted octanol–water partition coefficient (Wildman–Crippen LogP) is 6.52. The summed E-state index contributed by atoms with van der Waals surface area (Å²) >= 11 is 0. The molecule has 2 saturated heterocycles. The summed E-state index contributed by atoms with van der Waals surface area (Å²) in [7, 11) is 1.90. The Morgan fingerprint density at radius 1 is 1.12 bits per heavy atom. The van der Waals surface area contributed by atoms with Crippen molar-refractivity contribution in [2.45, 2.75) is 67.2 Å². The number of rotatable bonds is 9. The van der Waals surface area contributed by atoms with Gasteiger partial charge in [0.05, 0.1) is 29.1 Å². The van der Waals surface area contributed by atoms with Gasteiger partial charge in [-0.15, -0.1) is 0 Å². The molecule has 0 saturated carbocycles. The van der Waals surface area contributed by atoms with Gasteiger partial charge in [-0.25, -0.2) is 14.4 Å². The molecule has 0 atom stereocenters. The Morgan fingerprint density at radius 2 is 1.83 bits per heavy atom. The van der Waals surface area contributed by atoms with Crippen LogP contribution >= 0.6 is 0 Å². The zero-order valence-electron chi connectivity index (χ0n) is 25.8. The molecule has 41 heavy (non-hydrogen) atoms. The second kappa shape index (κ2) is 13.7. The second-order valence-corrected chi connectivity index (χ2v) is 11.8. The number of halogens is 1. The van der Waals surface area contributed by atoms with E-state index in [1.165, 1.54) is 12.5 Å². The lowest BCUT2D eigenvalue weighted by atomic mass is 9.73. The largest absolute Gasteiger partial charge is 0.494 e. The average Bonchev–Trinajstić information content (AvgIpc) is 3.29. The van der Waals surface area contributed by atoms with Crippen LogP contribution in [0, 0.1) is 37.9 Å². The summed E-state index contributed by atoms with van der Waals surface area (Å²) < 4.78 is 32.0. The molecule has 0 aliphatic carbocycles. The van der Waals surface area contributed by atoms with E-state index in [1.807, 2.05) is 27.8 Å². The van der Waals surface area contributed by atoms with E-state index in [0.717, 1.165) is 86.4 Å². The van der Waals surface area contributed by atoms with Crippen molar-refractivity contribution in [1.82, 2.24) is 20.4 Å². The molecule has 1 N–H and O–H groups in total. The highest BCUT2D eigenvalue weighted by Crippen LogP contribution is 2.44. The molecule has 8 nitrogen and oxygen atoms in total. The van der Waals surface area contributed by atoms with E-state index in [4.69, 9.17) is 24.0 Å². The Balaban J connectivity index is 0.000000714. The van der Waals surface area contributed by atoms with Gasteiger partial charge in [-0.3, -0.25) is 0 Å². The summed E-state index contributed by atoms with van der Waals surface area (Å²) in [4.78, 5) is 12.1. The van der Waals surface area contributed by atoms with Crippen molar-refractivity contribution in [3.63, 3.8) is 0 Å². The number of hydrogen-bond donors (Lipinski definition) is 1. The second-order valence-electron chi connectivity index (χ2n) is 11.8. The van der Waals surface area contributed by atoms with E-state index in [-0.39, 0.29) is 11.2 Å². The minimum atomic E-state index is -0.387. The number of aryl methyl sites for hydroxylation is 2. The van der Waals surface area contributed by atoms with Crippen molar-refractivity contribution < 1.29 is 18.4 Å². The number of nitrogens with zero attached hydrogens (tertiary/aromatic N) is 4. The number of aromatic nitrogens is 3. The van der Waals surface area contributed by atoms with Gasteiger partial charge < -0.3 is 24.2 Å². The molecule has 2 aliphatic rings. The first kappa shape index (κ1) is 30.9. The lowest BCUT2D eigenvalue weighted by Gasteiger charge is -2.53. The van der Waals surface area contributed by atoms with E-state index in [1.54, 1.807) is 12.1 Å². The standard InChI is InChI=1S/C27H34FN5O3.C5H12/c1-17-24(23-18(2)32-36-19(23)3)30-25(21-14-20(6-7-22(21)28)35-11-5-10-29-4)31-26(17)33-15-27(16-33)8-12-34-13-9-27;1-4-5(2)3/h6-7,14,29H,5,8-13,15-16H2,1-4H3;5H,4H2,1-3H3. The van der Waals surface area contributed by atoms with Crippen molar-refractivity contribution in [3.05, 3.63) is 41.0 Å². The lowest BCUT2D eigenvalue weighted by Crippen LogP contribution is -2.59. The van der Waals surface area contributed by atoms with Gasteiger partial charge in [0.15, 0.2) is 5.82 Å². The molecule has 0 bridgehead atoms. The third kappa shape index (κ3) is 7.25. The smallest absolute Gasteiger partial charge is 0.165 e. The van der Waals surface area contributed by atoms with Crippen molar-refractivity contribution in [3.8, 4) is 28.4 Å². The van der Waals surface area contributed by atoms with Gasteiger partial charge in [-0.2, -0.15) is 0 Å². The molecule has 3 aromatic rings. The Morgan fingerprint density at radius 3 is 2.44 bits per heavy atom. The average molecular weight is 568 g/mol. The van der Waals surface area contributed by atoms with Gasteiger partial charge >= 0.3 is 0 Å². The molecule has 1 aromatic carbocycles. The van der Waals surface area contributed by atoms with Crippen LogP contribution in [-0.2, 0) is 4.74 Å². The molecule has 0 amide bonds. The minimum Gasteiger partial charge on any atom is -0.494 e. The molecule has 9 heteroatoms. The van der Waals surface area contributed by atoms with Gasteiger partial charge in [0.1, 0.15) is 23.1 Å². The van der Waals surface area contributed by atoms with Crippen LogP contribution in [0.1, 0.15) is 63.5 Å². The number of benzene rings is 1. The Labute approximate surface area is 244 Å². The number of anilines is 1. The zero-order valence-corrected chi connectivity index (χ0v) is 25.8. The predicted molar refractivity (Wildman–Crippen MR) is 161 cm³/mol. The van der Waals surface area contributed by atoms with Crippen LogP contribution < -0.4 is 15.0 Å². The lowest BCUT2D eigenvalue weighted by molar-refractivity contribution is -0.000490. The maximum absolute atomic E-state index is 15.1. The highest BCUT2D eigenvalue weighted by atomic mass is 19.1. The van der Waals surface area contributed by atoms with Crippen LogP contribution in [0.15, 0.2) is 22.7 Å². The van der Waals surface area contributed by atoms with E-state index in [2.05, 4.69) is 36.1 Å². The fourth-order valence-electron chi connectivity index (χ4n) is 5.24. The van der Waals surface area contributed by atoms with Crippen molar-refractivity contribution in [2.24, 2.45) is 11.3 Å². The first-order valence-electron chi connectivity index (χ1n) is 14.9. The SMILES string of the molecule is CCC(C)C.CNCCCOc1ccc(F)c(-c2nc(-c3c(C)noc3C)c(C)c(N3CC4(CCOCC4)C3)n2)c1. The maximum Gasteiger partial charge on any atom is 0.165 e. The molecule has 2 fully saturated rings. The molecule has 2 aromatic heterocycles. The first-order valence-corrected chi connectivity index (χ1v) is 14.9. The number of ether oxygens (including phenoxy) is 2. The molecule has 1 spiro atoms. The fraction of sp³-hybridized carbons (Fsp3) is 0.594. The van der Waals surface area contributed by atoms with Gasteiger partial charge in [0.25, 0.3) is 0 Å². The van der Waals surface area contributed by atoms with E-state index in [9.17, 15) is 0 Å². The molecule has 0 unspecified atom stereocenters. The van der Waals surface area contributed by atoms with Gasteiger partial charge in [-0.1, -0.05) is 32.3 Å². The monoisotopic (exact) mass is 567 g/mol. The number of hydrogen-bond acceptors (Lipinski definition) is 8. The van der Waals surface area contributed by atoms with Gasteiger partial charge in [-0.05, 0) is 77.7 Å². The molecule has 224 valence electrons. The highest BCUT2D eigenvalue weighted by molar-refractivity contribution is 5.75. The van der Waals surface area contributed by atoms with Crippen LogP contribution in [0.3, 0.4) is 0 Å². The van der Waals surface area contributed by atoms with Crippen LogP contribution in [0.4, 0.5) is 10.2 Å². The van der Waals surface area contributed by atoms with Crippen LogP contribution in [0.25, 0.3) is 22.6 Å². The molecule has 5 rings (SSSR count). The number of nitrogens with one attached hydrogen (secondary N) is 1. The topological polar surface area (TPSA) is 85.5 Å². The molecule has 2 aliphatic heterocycles. The van der Waals surface area contributed by atoms with Crippen molar-refractivity contribution >= 4 is 5.82 Å². The summed E-state index contributed by atoms with van der Waals surface area (Å²) in [5.74, 6) is 2.93. The van der Waals surface area contributed by atoms with Crippen molar-refractivity contribution in [2.75, 3.05) is 51.4 Å². The van der Waals surface area contributed by atoms with Gasteiger partial charge in [0, 0.05) is 37.3 Å². The van der Waals surface area contributed by atoms with Crippen LogP contribution in [0.2, 0.25) is 0 Å². The highest BCUT2D eigenvalue weighted by Gasteiger charge is 2.45. The van der Waals surface area contributed by atoms with Gasteiger partial charge in [0.2, 0.25) is 0 Å². The van der Waals surface area contributed by atoms with E-state index < -0.39 is 0 Å². The van der Waals surface area contributed by atoms with E-state index >= 15 is 4.39 Å². The molecule has 0 radical (unpaired) electrons. The Hall–Kier alpha value is -3.04. The summed E-state index contributed by atoms with van der Waals surface area (Å²) in [5.41, 5.74) is 3.83. The zero-order chi connectivity index (χ0) is 29.6. The van der Waals surface area contributed by atoms with Crippen LogP contribution in [0.5, 0.6) is 5.75 Å². The first-order chi connectivity index (χ1) is 19.7. The summed E-state index contributed by atoms with van der Waals surface area (Å²) in [6.45, 7) is 17.2. The maximum atomic E-state index is 15.1. The summed E-state index contributed by atoms with van der Waals surface area (Å²) in [5, 5.41) is 7.23. The van der Waals surface area contributed by atoms with Crippen molar-refractivity contribution in [1.29, 1.82) is 0 Å². The summed E-state index contributed by atoms with van der Waals surface area (Å²) in [6.07, 6.45) is 4.27. The van der Waals surface area contributed by atoms with Crippen LogP contribution in [-0.4, -0.2) is 61.6 Å². The molecular weight excluding hydrogens is 521 g/mol. The quantitative estimate of drug-likeness (QED) is 0.293.